The summed E-state index contributed by atoms with van der Waals surface area (Å²) < 4.78 is 12.7. The Balaban J connectivity index is 1.33. The van der Waals surface area contributed by atoms with E-state index < -0.39 is 11.9 Å². The molecule has 1 amide bonds. The molecule has 6 atom stereocenters. The summed E-state index contributed by atoms with van der Waals surface area (Å²) in [7, 11) is 3.56. The average molecular weight is 605 g/mol. The smallest absolute Gasteiger partial charge is 0.311 e. The molecule has 2 spiro atoms. The maximum absolute atomic E-state index is 13.2. The molecule has 2 fully saturated rings. The predicted molar refractivity (Wildman–Crippen MR) is 166 cm³/mol. The van der Waals surface area contributed by atoms with E-state index in [0.717, 1.165) is 55.2 Å². The van der Waals surface area contributed by atoms with Crippen LogP contribution in [0.4, 0.5) is 5.69 Å². The van der Waals surface area contributed by atoms with Crippen LogP contribution in [0.15, 0.2) is 48.6 Å². The molecule has 228 valence electrons. The van der Waals surface area contributed by atoms with Crippen molar-refractivity contribution in [2.75, 3.05) is 45.3 Å². The molecule has 2 unspecified atom stereocenters. The fourth-order valence-electron chi connectivity index (χ4n) is 8.68. The number of aliphatic carboxylic acids is 1. The highest BCUT2D eigenvalue weighted by Gasteiger charge is 2.69. The SMILES string of the molecule is CO[C@H]1/C=C/CCN(C)C(=O)C[C@@H](C(=O)O)c2ccc3c(c2)N(CC24CC2C[C@@H]14)C[C@@]1(CCCc2cc(Cl)ccc21)CO3. The monoisotopic (exact) mass is 604 g/mol. The molecule has 43 heavy (non-hydrogen) atoms. The second-order valence-corrected chi connectivity index (χ2v) is 14.0. The Bertz CT molecular complexity index is 1480. The molecule has 2 heterocycles. The zero-order valence-electron chi connectivity index (χ0n) is 25.1. The number of benzene rings is 2. The highest BCUT2D eigenvalue weighted by Crippen LogP contribution is 2.73. The van der Waals surface area contributed by atoms with Crippen molar-refractivity contribution >= 4 is 29.2 Å². The minimum Gasteiger partial charge on any atom is -0.490 e. The van der Waals surface area contributed by atoms with Gasteiger partial charge in [0.25, 0.3) is 0 Å². The molecule has 3 aliphatic carbocycles. The molecule has 0 saturated heterocycles. The summed E-state index contributed by atoms with van der Waals surface area (Å²) in [6.07, 6.45) is 10.4. The highest BCUT2D eigenvalue weighted by atomic mass is 35.5. The van der Waals surface area contributed by atoms with E-state index in [1.54, 1.807) is 19.1 Å². The van der Waals surface area contributed by atoms with E-state index in [-0.39, 0.29) is 29.3 Å². The average Bonchev–Trinajstić information content (AvgIpc) is 3.60. The number of carbonyl (C=O) groups is 2. The molecule has 2 aromatic carbocycles. The van der Waals surface area contributed by atoms with Crippen LogP contribution in [0.2, 0.25) is 5.02 Å². The first-order valence-electron chi connectivity index (χ1n) is 15.7. The lowest BCUT2D eigenvalue weighted by atomic mass is 9.68. The standard InChI is InChI=1S/C35H41ClN2O5/c1-37-13-4-3-7-30(42-2)28-16-24-18-35(24,28)20-38-19-34(12-5-6-23-14-25(36)9-10-27(23)34)21-43-31-11-8-22(15-29(31)38)26(33(40)41)17-32(37)39/h3,7-11,14-15,24,26,28,30H,4-6,12-13,16-21H2,1-2H3,(H,40,41)/b7-3+/t24?,26-,28+,30+,34+,35?/m1/s1. The number of methoxy groups -OCH3 is 1. The number of carboxylic acids is 1. The summed E-state index contributed by atoms with van der Waals surface area (Å²) >= 11 is 6.44. The van der Waals surface area contributed by atoms with Gasteiger partial charge in [-0.2, -0.15) is 0 Å². The molecule has 8 heteroatoms. The summed E-state index contributed by atoms with van der Waals surface area (Å²) in [5, 5.41) is 11.0. The molecular formula is C35H41ClN2O5. The van der Waals surface area contributed by atoms with E-state index in [1.165, 1.54) is 17.5 Å². The molecule has 2 bridgehead atoms. The van der Waals surface area contributed by atoms with Crippen molar-refractivity contribution in [1.82, 2.24) is 4.90 Å². The van der Waals surface area contributed by atoms with Gasteiger partial charge in [-0.15, -0.1) is 0 Å². The third kappa shape index (κ3) is 4.93. The number of hydrogen-bond donors (Lipinski definition) is 1. The summed E-state index contributed by atoms with van der Waals surface area (Å²) in [5.41, 5.74) is 4.15. The second kappa shape index (κ2) is 10.8. The van der Waals surface area contributed by atoms with Crippen LogP contribution < -0.4 is 9.64 Å². The number of amides is 1. The third-order valence-corrected chi connectivity index (χ3v) is 11.5. The van der Waals surface area contributed by atoms with Gasteiger partial charge in [0.15, 0.2) is 0 Å². The van der Waals surface area contributed by atoms with Crippen LogP contribution in [-0.4, -0.2) is 68.4 Å². The number of halogens is 1. The van der Waals surface area contributed by atoms with Crippen LogP contribution in [0.25, 0.3) is 0 Å². The number of hydrogen-bond acceptors (Lipinski definition) is 5. The van der Waals surface area contributed by atoms with Crippen molar-refractivity contribution in [2.45, 2.75) is 62.4 Å². The van der Waals surface area contributed by atoms with Crippen LogP contribution in [-0.2, 0) is 26.2 Å². The van der Waals surface area contributed by atoms with E-state index in [4.69, 9.17) is 21.1 Å². The number of aryl methyl sites for hydroxylation is 1. The summed E-state index contributed by atoms with van der Waals surface area (Å²) in [5.74, 6) is -0.204. The molecule has 2 aliphatic heterocycles. The number of carboxylic acid groups (broad SMARTS) is 1. The van der Waals surface area contributed by atoms with Crippen molar-refractivity contribution in [2.24, 2.45) is 17.3 Å². The Kier molecular flexibility index (Phi) is 7.25. The van der Waals surface area contributed by atoms with E-state index in [1.807, 2.05) is 24.3 Å². The van der Waals surface area contributed by atoms with Crippen molar-refractivity contribution in [3.05, 3.63) is 70.3 Å². The van der Waals surface area contributed by atoms with Gasteiger partial charge < -0.3 is 24.4 Å². The Morgan fingerprint density at radius 3 is 2.81 bits per heavy atom. The van der Waals surface area contributed by atoms with Crippen molar-refractivity contribution in [3.8, 4) is 5.75 Å². The van der Waals surface area contributed by atoms with Crippen LogP contribution in [0.5, 0.6) is 5.75 Å². The predicted octanol–water partition coefficient (Wildman–Crippen LogP) is 5.83. The minimum absolute atomic E-state index is 0.0320. The van der Waals surface area contributed by atoms with E-state index in [9.17, 15) is 14.7 Å². The van der Waals surface area contributed by atoms with Gasteiger partial charge in [-0.25, -0.2) is 0 Å². The summed E-state index contributed by atoms with van der Waals surface area (Å²) in [6, 6.07) is 12.1. The van der Waals surface area contributed by atoms with Gasteiger partial charge in [-0.1, -0.05) is 35.9 Å². The second-order valence-electron chi connectivity index (χ2n) is 13.6. The molecule has 5 aliphatic rings. The van der Waals surface area contributed by atoms with E-state index >= 15 is 0 Å². The lowest BCUT2D eigenvalue weighted by Crippen LogP contribution is -2.50. The van der Waals surface area contributed by atoms with Crippen LogP contribution in [0.3, 0.4) is 0 Å². The van der Waals surface area contributed by atoms with Crippen LogP contribution in [0, 0.1) is 17.3 Å². The molecule has 0 aromatic heterocycles. The first-order valence-corrected chi connectivity index (χ1v) is 16.1. The fraction of sp³-hybridized carbons (Fsp3) is 0.543. The molecular weight excluding hydrogens is 564 g/mol. The highest BCUT2D eigenvalue weighted by molar-refractivity contribution is 6.30. The lowest BCUT2D eigenvalue weighted by Gasteiger charge is -2.46. The maximum atomic E-state index is 13.2. The normalized spacial score (nSPS) is 34.2. The molecule has 2 aromatic rings. The van der Waals surface area contributed by atoms with Crippen LogP contribution >= 0.6 is 11.6 Å². The number of anilines is 1. The largest absolute Gasteiger partial charge is 0.490 e. The van der Waals surface area contributed by atoms with Gasteiger partial charge in [0.1, 0.15) is 5.75 Å². The number of ether oxygens (including phenoxy) is 2. The Hall–Kier alpha value is -3.03. The molecule has 7 rings (SSSR count). The lowest BCUT2D eigenvalue weighted by molar-refractivity contribution is -0.142. The van der Waals surface area contributed by atoms with Gasteiger partial charge in [0.2, 0.25) is 5.91 Å². The van der Waals surface area contributed by atoms with Gasteiger partial charge >= 0.3 is 5.97 Å². The Morgan fingerprint density at radius 2 is 2.05 bits per heavy atom. The minimum atomic E-state index is -0.985. The quantitative estimate of drug-likeness (QED) is 0.435. The van der Waals surface area contributed by atoms with Crippen molar-refractivity contribution < 1.29 is 24.2 Å². The number of rotatable bonds is 2. The summed E-state index contributed by atoms with van der Waals surface area (Å²) in [4.78, 5) is 29.9. The van der Waals surface area contributed by atoms with Crippen LogP contribution in [0.1, 0.15) is 61.1 Å². The Labute approximate surface area is 258 Å². The van der Waals surface area contributed by atoms with Crippen molar-refractivity contribution in [3.63, 3.8) is 0 Å². The van der Waals surface area contributed by atoms with E-state index in [0.29, 0.717) is 37.0 Å². The Morgan fingerprint density at radius 1 is 1.19 bits per heavy atom. The number of nitrogens with zero attached hydrogens (tertiary/aromatic N) is 2. The van der Waals surface area contributed by atoms with Gasteiger partial charge in [-0.3, -0.25) is 9.59 Å². The zero-order valence-corrected chi connectivity index (χ0v) is 25.8. The summed E-state index contributed by atoms with van der Waals surface area (Å²) in [6.45, 7) is 2.75. The molecule has 1 N–H and O–H groups in total. The van der Waals surface area contributed by atoms with E-state index in [2.05, 4.69) is 29.2 Å². The first kappa shape index (κ1) is 28.7. The molecule has 7 nitrogen and oxygen atoms in total. The molecule has 2 saturated carbocycles. The number of carbonyl (C=O) groups excluding carboxylic acids is 1. The topological polar surface area (TPSA) is 79.3 Å². The van der Waals surface area contributed by atoms with Crippen molar-refractivity contribution in [1.29, 1.82) is 0 Å². The zero-order chi connectivity index (χ0) is 29.9. The van der Waals surface area contributed by atoms with Gasteiger partial charge in [0.05, 0.1) is 24.3 Å². The van der Waals surface area contributed by atoms with Gasteiger partial charge in [-0.05, 0) is 96.7 Å². The first-order chi connectivity index (χ1) is 20.7. The third-order valence-electron chi connectivity index (χ3n) is 11.2. The maximum Gasteiger partial charge on any atom is 0.311 e. The number of fused-ring (bicyclic) bond motifs is 3. The van der Waals surface area contributed by atoms with Gasteiger partial charge in [0, 0.05) is 50.7 Å². The molecule has 0 radical (unpaired) electrons. The fourth-order valence-corrected chi connectivity index (χ4v) is 8.88.